The van der Waals surface area contributed by atoms with Crippen molar-refractivity contribution < 1.29 is 0 Å². The van der Waals surface area contributed by atoms with Gasteiger partial charge in [0.15, 0.2) is 5.96 Å². The maximum Gasteiger partial charge on any atom is 0.191 e. The molecule has 1 saturated heterocycles. The number of thioether (sulfide) groups is 1. The Balaban J connectivity index is 0.00000243. The van der Waals surface area contributed by atoms with Crippen molar-refractivity contribution in [2.24, 2.45) is 4.99 Å². The Hall–Kier alpha value is -1.29. The van der Waals surface area contributed by atoms with Crippen molar-refractivity contribution in [1.29, 1.82) is 0 Å². The summed E-state index contributed by atoms with van der Waals surface area (Å²) in [5.41, 5.74) is 1.12. The van der Waals surface area contributed by atoms with E-state index in [1.54, 1.807) is 6.20 Å². The third-order valence-electron chi connectivity index (χ3n) is 4.50. The van der Waals surface area contributed by atoms with Gasteiger partial charge in [0.05, 0.1) is 0 Å². The molecule has 8 heteroatoms. The highest BCUT2D eigenvalue weighted by Crippen LogP contribution is 2.36. The van der Waals surface area contributed by atoms with Crippen molar-refractivity contribution in [1.82, 2.24) is 25.2 Å². The summed E-state index contributed by atoms with van der Waals surface area (Å²) in [5.74, 6) is 3.91. The van der Waals surface area contributed by atoms with Crippen LogP contribution in [0.5, 0.6) is 0 Å². The molecule has 2 aromatic rings. The average Bonchev–Trinajstić information content (AvgIpc) is 3.24. The molecule has 6 nitrogen and oxygen atoms in total. The van der Waals surface area contributed by atoms with Crippen LogP contribution in [0, 0.1) is 6.92 Å². The van der Waals surface area contributed by atoms with Crippen LogP contribution in [0.4, 0.5) is 0 Å². The fraction of sp³-hybridized carbons (Fsp3) is 0.500. The second-order valence-electron chi connectivity index (χ2n) is 6.55. The molecular formula is C18H27IN6S. The quantitative estimate of drug-likeness (QED) is 0.386. The number of guanidine groups is 1. The lowest BCUT2D eigenvalue weighted by Gasteiger charge is -2.24. The smallest absolute Gasteiger partial charge is 0.191 e. The second kappa shape index (κ2) is 9.59. The van der Waals surface area contributed by atoms with E-state index < -0.39 is 0 Å². The van der Waals surface area contributed by atoms with Gasteiger partial charge in [-0.1, -0.05) is 6.07 Å². The van der Waals surface area contributed by atoms with Crippen molar-refractivity contribution in [2.45, 2.75) is 38.0 Å². The van der Waals surface area contributed by atoms with Gasteiger partial charge in [-0.25, -0.2) is 9.97 Å². The number of pyridine rings is 1. The maximum atomic E-state index is 4.53. The van der Waals surface area contributed by atoms with E-state index in [1.807, 2.05) is 37.0 Å². The van der Waals surface area contributed by atoms with Gasteiger partial charge < -0.3 is 10.6 Å². The Morgan fingerprint density at radius 1 is 1.35 bits per heavy atom. The molecule has 0 spiro atoms. The number of hydrogen-bond acceptors (Lipinski definition) is 4. The lowest BCUT2D eigenvalue weighted by molar-refractivity contribution is 0.584. The maximum absolute atomic E-state index is 4.53. The van der Waals surface area contributed by atoms with Crippen LogP contribution in [-0.4, -0.2) is 44.6 Å². The molecule has 2 aromatic heterocycles. The Bertz CT molecular complexity index is 722. The van der Waals surface area contributed by atoms with Gasteiger partial charge in [-0.3, -0.25) is 9.56 Å². The first-order chi connectivity index (χ1) is 12.1. The van der Waals surface area contributed by atoms with Gasteiger partial charge >= 0.3 is 0 Å². The molecule has 1 aliphatic rings. The number of rotatable bonds is 5. The first-order valence-electron chi connectivity index (χ1n) is 8.63. The van der Waals surface area contributed by atoms with Gasteiger partial charge in [-0.15, -0.1) is 24.0 Å². The van der Waals surface area contributed by atoms with E-state index in [1.165, 1.54) is 18.6 Å². The fourth-order valence-corrected chi connectivity index (χ4v) is 4.18. The topological polar surface area (TPSA) is 67.1 Å². The predicted molar refractivity (Wildman–Crippen MR) is 120 cm³/mol. The molecular weight excluding hydrogens is 459 g/mol. The highest BCUT2D eigenvalue weighted by Gasteiger charge is 2.29. The van der Waals surface area contributed by atoms with Crippen molar-refractivity contribution in [3.63, 3.8) is 0 Å². The van der Waals surface area contributed by atoms with Gasteiger partial charge in [0, 0.05) is 43.5 Å². The molecule has 0 aromatic carbocycles. The van der Waals surface area contributed by atoms with Crippen LogP contribution in [-0.2, 0) is 6.54 Å². The Morgan fingerprint density at radius 2 is 2.19 bits per heavy atom. The number of nitrogens with one attached hydrogen (secondary N) is 2. The number of nitrogens with zero attached hydrogens (tertiary/aromatic N) is 4. The summed E-state index contributed by atoms with van der Waals surface area (Å²) in [4.78, 5) is 13.1. The number of aliphatic imine (C=N–C) groups is 1. The SMILES string of the molecule is CN=C(NCc1ccc(-n2ccnc2C)nc1)NCC1(C)CCCS1.I. The van der Waals surface area contributed by atoms with Crippen molar-refractivity contribution >= 4 is 41.7 Å². The van der Waals surface area contributed by atoms with Crippen LogP contribution in [0.25, 0.3) is 5.82 Å². The number of imidazole rings is 1. The molecule has 1 aliphatic heterocycles. The summed E-state index contributed by atoms with van der Waals surface area (Å²) in [6.45, 7) is 5.93. The molecule has 2 N–H and O–H groups in total. The van der Waals surface area contributed by atoms with Crippen LogP contribution in [0.15, 0.2) is 35.7 Å². The van der Waals surface area contributed by atoms with E-state index in [-0.39, 0.29) is 24.0 Å². The molecule has 1 unspecified atom stereocenters. The van der Waals surface area contributed by atoms with Gasteiger partial charge in [-0.2, -0.15) is 11.8 Å². The van der Waals surface area contributed by atoms with Crippen molar-refractivity contribution in [2.75, 3.05) is 19.3 Å². The number of aromatic nitrogens is 3. The van der Waals surface area contributed by atoms with Crippen LogP contribution in [0.2, 0.25) is 0 Å². The highest BCUT2D eigenvalue weighted by molar-refractivity contribution is 14.0. The standard InChI is InChI=1S/C18H26N6S.HI/c1-14-20-8-9-24(14)16-6-5-15(11-21-16)12-22-17(19-3)23-13-18(2)7-4-10-25-18;/h5-6,8-9,11H,4,7,10,12-13H2,1-3H3,(H2,19,22,23);1H. The zero-order valence-electron chi connectivity index (χ0n) is 15.5. The molecule has 3 heterocycles. The molecule has 0 radical (unpaired) electrons. The molecule has 0 saturated carbocycles. The molecule has 1 atom stereocenters. The largest absolute Gasteiger partial charge is 0.355 e. The molecule has 0 bridgehead atoms. The van der Waals surface area contributed by atoms with E-state index in [4.69, 9.17) is 0 Å². The molecule has 142 valence electrons. The summed E-state index contributed by atoms with van der Waals surface area (Å²) in [7, 11) is 1.81. The van der Waals surface area contributed by atoms with Crippen LogP contribution in [0.3, 0.4) is 0 Å². The molecule has 26 heavy (non-hydrogen) atoms. The summed E-state index contributed by atoms with van der Waals surface area (Å²) < 4.78 is 2.29. The number of hydrogen-bond donors (Lipinski definition) is 2. The van der Waals surface area contributed by atoms with Crippen molar-refractivity contribution in [3.8, 4) is 5.82 Å². The lowest BCUT2D eigenvalue weighted by atomic mass is 10.1. The molecule has 0 amide bonds. The summed E-state index contributed by atoms with van der Waals surface area (Å²) in [6, 6.07) is 4.09. The van der Waals surface area contributed by atoms with Crippen LogP contribution in [0.1, 0.15) is 31.2 Å². The second-order valence-corrected chi connectivity index (χ2v) is 8.23. The predicted octanol–water partition coefficient (Wildman–Crippen LogP) is 3.14. The van der Waals surface area contributed by atoms with Gasteiger partial charge in [0.25, 0.3) is 0 Å². The zero-order valence-corrected chi connectivity index (χ0v) is 18.7. The minimum absolute atomic E-state index is 0. The van der Waals surface area contributed by atoms with E-state index in [9.17, 15) is 0 Å². The van der Waals surface area contributed by atoms with E-state index in [0.29, 0.717) is 11.3 Å². The Morgan fingerprint density at radius 3 is 2.77 bits per heavy atom. The van der Waals surface area contributed by atoms with Gasteiger partial charge in [-0.05, 0) is 44.1 Å². The third kappa shape index (κ3) is 5.35. The summed E-state index contributed by atoms with van der Waals surface area (Å²) in [6.07, 6.45) is 8.17. The number of halogens is 1. The van der Waals surface area contributed by atoms with E-state index >= 15 is 0 Å². The van der Waals surface area contributed by atoms with Crippen molar-refractivity contribution in [3.05, 3.63) is 42.1 Å². The van der Waals surface area contributed by atoms with Gasteiger partial charge in [0.2, 0.25) is 0 Å². The Labute approximate surface area is 176 Å². The first kappa shape index (κ1) is 21.0. The normalized spacial score (nSPS) is 19.9. The summed E-state index contributed by atoms with van der Waals surface area (Å²) in [5, 5.41) is 6.81. The van der Waals surface area contributed by atoms with Crippen LogP contribution >= 0.6 is 35.7 Å². The van der Waals surface area contributed by atoms with Gasteiger partial charge in [0.1, 0.15) is 11.6 Å². The lowest BCUT2D eigenvalue weighted by Crippen LogP contribution is -2.43. The first-order valence-corrected chi connectivity index (χ1v) is 9.62. The van der Waals surface area contributed by atoms with E-state index in [2.05, 4.69) is 50.3 Å². The molecule has 0 aliphatic carbocycles. The Kier molecular flexibility index (Phi) is 7.75. The molecule has 1 fully saturated rings. The minimum Gasteiger partial charge on any atom is -0.355 e. The minimum atomic E-state index is 0. The monoisotopic (exact) mass is 486 g/mol. The third-order valence-corrected chi connectivity index (χ3v) is 6.03. The summed E-state index contributed by atoms with van der Waals surface area (Å²) >= 11 is 2.05. The zero-order chi connectivity index (χ0) is 17.7. The fourth-order valence-electron chi connectivity index (χ4n) is 2.94. The van der Waals surface area contributed by atoms with E-state index in [0.717, 1.165) is 29.7 Å². The van der Waals surface area contributed by atoms with Crippen LogP contribution < -0.4 is 10.6 Å². The number of aryl methyl sites for hydroxylation is 1. The molecule has 3 rings (SSSR count). The highest BCUT2D eigenvalue weighted by atomic mass is 127. The average molecular weight is 486 g/mol.